The van der Waals surface area contributed by atoms with Crippen molar-refractivity contribution in [2.75, 3.05) is 20.3 Å². The van der Waals surface area contributed by atoms with E-state index < -0.39 is 0 Å². The van der Waals surface area contributed by atoms with Crippen molar-refractivity contribution >= 4 is 29.1 Å². The predicted octanol–water partition coefficient (Wildman–Crippen LogP) is 3.67. The zero-order valence-corrected chi connectivity index (χ0v) is 17.0. The molecule has 0 aliphatic rings. The second-order valence-electron chi connectivity index (χ2n) is 6.04. The van der Waals surface area contributed by atoms with Crippen LogP contribution in [0, 0.1) is 0 Å². The summed E-state index contributed by atoms with van der Waals surface area (Å²) in [6.45, 7) is 5.43. The van der Waals surface area contributed by atoms with E-state index in [1.165, 1.54) is 18.4 Å². The smallest absolute Gasteiger partial charge is 0.246 e. The molecule has 0 atom stereocenters. The van der Waals surface area contributed by atoms with Crippen LogP contribution in [0.5, 0.6) is 0 Å². The Kier molecular flexibility index (Phi) is 7.94. The first-order valence-corrected chi connectivity index (χ1v) is 9.52. The van der Waals surface area contributed by atoms with E-state index in [1.54, 1.807) is 6.07 Å². The van der Waals surface area contributed by atoms with Crippen LogP contribution in [-0.4, -0.2) is 35.9 Å². The summed E-state index contributed by atoms with van der Waals surface area (Å²) in [7, 11) is 1.50. The van der Waals surface area contributed by atoms with Gasteiger partial charge < -0.3 is 10.1 Å². The van der Waals surface area contributed by atoms with Gasteiger partial charge in [-0.1, -0.05) is 37.0 Å². The van der Waals surface area contributed by atoms with Crippen molar-refractivity contribution in [3.05, 3.63) is 50.8 Å². The van der Waals surface area contributed by atoms with Gasteiger partial charge in [0.1, 0.15) is 6.61 Å². The minimum Gasteiger partial charge on any atom is -0.375 e. The van der Waals surface area contributed by atoms with Crippen molar-refractivity contribution in [2.45, 2.75) is 39.7 Å². The molecule has 5 nitrogen and oxygen atoms in total. The Morgan fingerprint density at radius 3 is 2.46 bits per heavy atom. The van der Waals surface area contributed by atoms with Crippen molar-refractivity contribution in [1.82, 2.24) is 15.1 Å². The van der Waals surface area contributed by atoms with Gasteiger partial charge in [-0.2, -0.15) is 5.10 Å². The summed E-state index contributed by atoms with van der Waals surface area (Å²) in [5.41, 5.74) is 4.54. The van der Waals surface area contributed by atoms with Gasteiger partial charge in [-0.05, 0) is 36.6 Å². The van der Waals surface area contributed by atoms with Crippen molar-refractivity contribution < 1.29 is 9.53 Å². The number of hydrogen-bond acceptors (Lipinski definition) is 3. The molecule has 1 heterocycles. The Hall–Kier alpha value is -1.56. The lowest BCUT2D eigenvalue weighted by atomic mass is 10.0. The van der Waals surface area contributed by atoms with Crippen LogP contribution in [0.15, 0.2) is 18.2 Å². The molecule has 2 rings (SSSR count). The number of hydrogen-bond donors (Lipinski definition) is 1. The van der Waals surface area contributed by atoms with Crippen LogP contribution >= 0.6 is 23.2 Å². The Balaban J connectivity index is 2.20. The number of benzene rings is 1. The predicted molar refractivity (Wildman–Crippen MR) is 105 cm³/mol. The maximum absolute atomic E-state index is 11.5. The van der Waals surface area contributed by atoms with Crippen LogP contribution in [0.25, 0.3) is 0 Å². The molecule has 0 bridgehead atoms. The third-order valence-electron chi connectivity index (χ3n) is 4.14. The fraction of sp³-hybridized carbons (Fsp3) is 0.474. The third-order valence-corrected chi connectivity index (χ3v) is 4.58. The molecule has 1 amide bonds. The van der Waals surface area contributed by atoms with Gasteiger partial charge >= 0.3 is 0 Å². The number of rotatable bonds is 9. The maximum atomic E-state index is 11.5. The molecule has 0 fully saturated rings. The summed E-state index contributed by atoms with van der Waals surface area (Å²) in [6.07, 6.45) is 2.45. The SMILES string of the molecule is CCc1nn(CCNC(=O)COC)c(CC)c1Cc1cc(Cl)cc(Cl)c1. The summed E-state index contributed by atoms with van der Waals surface area (Å²) < 4.78 is 6.81. The van der Waals surface area contributed by atoms with Gasteiger partial charge in [0.2, 0.25) is 5.91 Å². The molecule has 0 aliphatic heterocycles. The van der Waals surface area contributed by atoms with Gasteiger partial charge in [0.25, 0.3) is 0 Å². The van der Waals surface area contributed by atoms with Gasteiger partial charge in [-0.25, -0.2) is 0 Å². The zero-order valence-electron chi connectivity index (χ0n) is 15.4. The monoisotopic (exact) mass is 397 g/mol. The van der Waals surface area contributed by atoms with E-state index in [1.807, 2.05) is 16.8 Å². The van der Waals surface area contributed by atoms with E-state index in [0.717, 1.165) is 30.5 Å². The van der Waals surface area contributed by atoms with E-state index in [2.05, 4.69) is 19.2 Å². The zero-order chi connectivity index (χ0) is 19.1. The second kappa shape index (κ2) is 9.95. The highest BCUT2D eigenvalue weighted by molar-refractivity contribution is 6.34. The number of nitrogens with zero attached hydrogens (tertiary/aromatic N) is 2. The van der Waals surface area contributed by atoms with Gasteiger partial charge in [0.05, 0.1) is 12.2 Å². The molecule has 2 aromatic rings. The maximum Gasteiger partial charge on any atom is 0.246 e. The van der Waals surface area contributed by atoms with E-state index in [4.69, 9.17) is 33.0 Å². The van der Waals surface area contributed by atoms with Gasteiger partial charge in [0.15, 0.2) is 0 Å². The first-order chi connectivity index (χ1) is 12.5. The quantitative estimate of drug-likeness (QED) is 0.701. The highest BCUT2D eigenvalue weighted by Crippen LogP contribution is 2.25. The van der Waals surface area contributed by atoms with Crippen LogP contribution in [-0.2, 0) is 35.3 Å². The lowest BCUT2D eigenvalue weighted by Gasteiger charge is -2.10. The van der Waals surface area contributed by atoms with Crippen LogP contribution in [0.2, 0.25) is 10.0 Å². The number of carbonyl (C=O) groups excluding carboxylic acids is 1. The van der Waals surface area contributed by atoms with Crippen molar-refractivity contribution in [2.24, 2.45) is 0 Å². The lowest BCUT2D eigenvalue weighted by Crippen LogP contribution is -2.30. The number of methoxy groups -OCH3 is 1. The molecular formula is C19H25Cl2N3O2. The molecule has 1 aromatic heterocycles. The first kappa shape index (κ1) is 20.7. The van der Waals surface area contributed by atoms with Crippen molar-refractivity contribution in [3.8, 4) is 0 Å². The number of carbonyl (C=O) groups is 1. The Bertz CT molecular complexity index is 739. The number of aromatic nitrogens is 2. The van der Waals surface area contributed by atoms with Crippen LogP contribution < -0.4 is 5.32 Å². The van der Waals surface area contributed by atoms with Gasteiger partial charge in [-0.3, -0.25) is 9.48 Å². The van der Waals surface area contributed by atoms with Crippen LogP contribution in [0.3, 0.4) is 0 Å². The van der Waals surface area contributed by atoms with Crippen LogP contribution in [0.4, 0.5) is 0 Å². The number of amides is 1. The number of halogens is 2. The molecule has 1 aromatic carbocycles. The number of ether oxygens (including phenoxy) is 1. The highest BCUT2D eigenvalue weighted by Gasteiger charge is 2.16. The van der Waals surface area contributed by atoms with E-state index >= 15 is 0 Å². The fourth-order valence-electron chi connectivity index (χ4n) is 3.06. The summed E-state index contributed by atoms with van der Waals surface area (Å²) in [6, 6.07) is 5.61. The molecule has 0 aliphatic carbocycles. The molecule has 1 N–H and O–H groups in total. The molecule has 0 spiro atoms. The normalized spacial score (nSPS) is 11.0. The minimum atomic E-state index is -0.123. The fourth-order valence-corrected chi connectivity index (χ4v) is 3.63. The molecule has 26 heavy (non-hydrogen) atoms. The Morgan fingerprint density at radius 2 is 1.88 bits per heavy atom. The average molecular weight is 398 g/mol. The molecule has 0 unspecified atom stereocenters. The molecule has 0 saturated carbocycles. The average Bonchev–Trinajstić information content (AvgIpc) is 2.90. The summed E-state index contributed by atoms with van der Waals surface area (Å²) in [5.74, 6) is -0.123. The van der Waals surface area contributed by atoms with Crippen LogP contribution in [0.1, 0.15) is 36.4 Å². The van der Waals surface area contributed by atoms with Gasteiger partial charge in [0, 0.05) is 41.4 Å². The molecular weight excluding hydrogens is 373 g/mol. The molecule has 0 radical (unpaired) electrons. The number of aryl methyl sites for hydroxylation is 1. The Labute approximate surface area is 164 Å². The summed E-state index contributed by atoms with van der Waals surface area (Å²) in [5, 5.41) is 8.86. The lowest BCUT2D eigenvalue weighted by molar-refractivity contribution is -0.124. The summed E-state index contributed by atoms with van der Waals surface area (Å²) in [4.78, 5) is 11.5. The molecule has 7 heteroatoms. The Morgan fingerprint density at radius 1 is 1.19 bits per heavy atom. The third kappa shape index (κ3) is 5.47. The van der Waals surface area contributed by atoms with E-state index in [9.17, 15) is 4.79 Å². The first-order valence-electron chi connectivity index (χ1n) is 8.76. The standard InChI is InChI=1S/C19H25Cl2N3O2/c1-4-17-16(10-13-8-14(20)11-15(21)9-13)18(5-2)24(23-17)7-6-22-19(25)12-26-3/h8-9,11H,4-7,10,12H2,1-3H3,(H,22,25). The molecule has 142 valence electrons. The second-order valence-corrected chi connectivity index (χ2v) is 6.91. The largest absolute Gasteiger partial charge is 0.375 e. The molecule has 0 saturated heterocycles. The number of nitrogens with one attached hydrogen (secondary N) is 1. The summed E-state index contributed by atoms with van der Waals surface area (Å²) >= 11 is 12.3. The van der Waals surface area contributed by atoms with Crippen molar-refractivity contribution in [3.63, 3.8) is 0 Å². The highest BCUT2D eigenvalue weighted by atomic mass is 35.5. The van der Waals surface area contributed by atoms with Crippen molar-refractivity contribution in [1.29, 1.82) is 0 Å². The van der Waals surface area contributed by atoms with Gasteiger partial charge in [-0.15, -0.1) is 0 Å². The minimum absolute atomic E-state index is 0.0702. The van der Waals surface area contributed by atoms with E-state index in [-0.39, 0.29) is 12.5 Å². The topological polar surface area (TPSA) is 56.2 Å². The van der Waals surface area contributed by atoms with E-state index in [0.29, 0.717) is 23.1 Å².